The van der Waals surface area contributed by atoms with Crippen LogP contribution in [-0.2, 0) is 28.7 Å². The fourth-order valence-electron chi connectivity index (χ4n) is 8.17. The first-order valence-electron chi connectivity index (χ1n) is 23.2. The molecule has 0 spiro atoms. The van der Waals surface area contributed by atoms with Crippen molar-refractivity contribution < 1.29 is 48.2 Å². The first-order valence-corrected chi connectivity index (χ1v) is 24.2. The first-order chi connectivity index (χ1) is 32.3. The minimum absolute atomic E-state index is 0.0515. The van der Waals surface area contributed by atoms with Crippen LogP contribution in [0.15, 0.2) is 53.7 Å². The number of benzene rings is 1. The number of unbranched alkanes of at least 4 members (excludes halogenated alkanes) is 4. The average molecular weight is 950 g/mol. The summed E-state index contributed by atoms with van der Waals surface area (Å²) in [6.07, 6.45) is 11.2. The number of hydrogen-bond acceptors (Lipinski definition) is 12. The van der Waals surface area contributed by atoms with Crippen molar-refractivity contribution in [1.29, 1.82) is 0 Å². The first kappa shape index (κ1) is 51.9. The summed E-state index contributed by atoms with van der Waals surface area (Å²) >= 11 is 1.84. The molecule has 2 saturated heterocycles. The normalized spacial score (nSPS) is 22.8. The summed E-state index contributed by atoms with van der Waals surface area (Å²) in [5.74, 6) is -1.40. The highest BCUT2D eigenvalue weighted by molar-refractivity contribution is 8.00. The monoisotopic (exact) mass is 949 g/mol. The van der Waals surface area contributed by atoms with Gasteiger partial charge in [0.25, 0.3) is 23.6 Å². The molecule has 0 saturated carbocycles. The Kier molecular flexibility index (Phi) is 20.8. The minimum Gasteiger partial charge on any atom is -0.442 e. The van der Waals surface area contributed by atoms with E-state index in [2.05, 4.69) is 47.2 Å². The van der Waals surface area contributed by atoms with E-state index in [-0.39, 0.29) is 80.5 Å². The van der Waals surface area contributed by atoms with Gasteiger partial charge in [0, 0.05) is 78.5 Å². The van der Waals surface area contributed by atoms with Crippen molar-refractivity contribution in [3.05, 3.63) is 64.6 Å². The third-order valence-electron chi connectivity index (χ3n) is 12.0. The zero-order valence-corrected chi connectivity index (χ0v) is 38.5. The predicted octanol–water partition coefficient (Wildman–Crippen LogP) is 3.41. The number of fused-ring (bicyclic) bond motifs is 1. The number of imide groups is 1. The number of carbonyl (C=O) groups excluding carboxylic acids is 8. The molecule has 5 rings (SSSR count). The number of nitrogens with zero attached hydrogens (tertiary/aromatic N) is 4. The van der Waals surface area contributed by atoms with Crippen molar-refractivity contribution in [3.63, 3.8) is 0 Å². The summed E-state index contributed by atoms with van der Waals surface area (Å²) in [6.45, 7) is 1.44. The Morgan fingerprint density at radius 1 is 0.881 bits per heavy atom. The van der Waals surface area contributed by atoms with E-state index < -0.39 is 35.7 Å². The van der Waals surface area contributed by atoms with Crippen LogP contribution in [0.4, 0.5) is 15.3 Å². The molecule has 0 aromatic heterocycles. The number of alkyl carbamates (subject to hydrolysis) is 1. The molecule has 0 bridgehead atoms. The molecule has 4 aliphatic rings. The lowest BCUT2D eigenvalue weighted by Crippen LogP contribution is -2.55. The van der Waals surface area contributed by atoms with Crippen LogP contribution in [0.2, 0.25) is 0 Å². The Morgan fingerprint density at radius 3 is 2.39 bits per heavy atom. The molecule has 22 heteroatoms. The van der Waals surface area contributed by atoms with E-state index in [1.54, 1.807) is 12.2 Å². The van der Waals surface area contributed by atoms with Crippen LogP contribution in [-0.4, -0.2) is 131 Å². The molecule has 21 nitrogen and oxygen atoms in total. The number of hydrogen-bond donors (Lipinski definition) is 8. The van der Waals surface area contributed by atoms with Gasteiger partial charge in [-0.1, -0.05) is 29.7 Å². The van der Waals surface area contributed by atoms with Gasteiger partial charge in [0.1, 0.15) is 17.7 Å². The molecule has 364 valence electrons. The number of nitrogens with one attached hydrogen (secondary N) is 7. The molecule has 2 fully saturated rings. The Labute approximate surface area is 393 Å². The topological polar surface area (TPSA) is 302 Å². The predicted molar refractivity (Wildman–Crippen MR) is 248 cm³/mol. The van der Waals surface area contributed by atoms with E-state index in [9.17, 15) is 43.5 Å². The number of carbonyl (C=O) groups is 8. The molecule has 1 aromatic carbocycles. The van der Waals surface area contributed by atoms with Gasteiger partial charge in [-0.15, -0.1) is 0 Å². The summed E-state index contributed by atoms with van der Waals surface area (Å²) in [5.41, 5.74) is 7.49. The molecular formula is C45H63N11O10S. The standard InChI is InChI=1S/C45H63N11O10S/c46-55-54-31-17-15-30(16-18-31)40(60)48-24-8-5-12-33(41(61)49-27-10-26-47-36(57)14-3-2-13-35-39-34(29-67-35)52-43(63)53-39)51-42(62)45(65)22-6-4-11-32(21-23-45)66-44(64)50-25-7-1-9-28-56-37(58)19-20-38(56)59/h4,11,15-20,32-35,39,65H,1-3,5-10,12-14,21-29H2,(H,47,57)(H,48,60)(H,49,61)(H,50,64)(H,51,62)(H2,52,53,63)/b11-4+/t32-,33?,34?,35?,39?,45-/m0/s1. The van der Waals surface area contributed by atoms with Gasteiger partial charge in [-0.25, -0.2) is 9.59 Å². The largest absolute Gasteiger partial charge is 0.442 e. The van der Waals surface area contributed by atoms with Gasteiger partial charge in [-0.05, 0) is 107 Å². The molecule has 1 aliphatic carbocycles. The summed E-state index contributed by atoms with van der Waals surface area (Å²) in [7, 11) is 0. The Bertz CT molecular complexity index is 2010. The summed E-state index contributed by atoms with van der Waals surface area (Å²) in [4.78, 5) is 104. The van der Waals surface area contributed by atoms with Crippen LogP contribution >= 0.6 is 11.8 Å². The van der Waals surface area contributed by atoms with Crippen LogP contribution in [0, 0.1) is 0 Å². The fourth-order valence-corrected chi connectivity index (χ4v) is 9.72. The molecule has 67 heavy (non-hydrogen) atoms. The van der Waals surface area contributed by atoms with Crippen molar-refractivity contribution >= 4 is 65.0 Å². The van der Waals surface area contributed by atoms with Gasteiger partial charge in [0.15, 0.2) is 0 Å². The Balaban J connectivity index is 1.04. The molecular weight excluding hydrogens is 887 g/mol. The zero-order valence-electron chi connectivity index (χ0n) is 37.7. The minimum atomic E-state index is -1.87. The number of rotatable bonds is 26. The van der Waals surface area contributed by atoms with Crippen LogP contribution in [0.3, 0.4) is 0 Å². The van der Waals surface area contributed by atoms with Gasteiger partial charge >= 0.3 is 12.1 Å². The smallest absolute Gasteiger partial charge is 0.407 e. The zero-order chi connectivity index (χ0) is 48.0. The Morgan fingerprint density at radius 2 is 1.61 bits per heavy atom. The van der Waals surface area contributed by atoms with E-state index in [1.807, 2.05) is 11.8 Å². The molecule has 0 radical (unpaired) electrons. The second-order valence-electron chi connectivity index (χ2n) is 17.0. The van der Waals surface area contributed by atoms with Crippen LogP contribution in [0.25, 0.3) is 10.4 Å². The lowest BCUT2D eigenvalue weighted by atomic mass is 9.87. The highest BCUT2D eigenvalue weighted by Crippen LogP contribution is 2.33. The number of thioether (sulfide) groups is 1. The molecule has 9 amide bonds. The van der Waals surface area contributed by atoms with Crippen LogP contribution < -0.4 is 37.2 Å². The number of ether oxygens (including phenoxy) is 1. The fraction of sp³-hybridized carbons (Fsp3) is 0.600. The molecule has 3 aliphatic heterocycles. The highest BCUT2D eigenvalue weighted by atomic mass is 32.2. The van der Waals surface area contributed by atoms with Gasteiger partial charge in [-0.3, -0.25) is 33.7 Å². The summed E-state index contributed by atoms with van der Waals surface area (Å²) in [6, 6.07) is 5.29. The van der Waals surface area contributed by atoms with E-state index in [0.717, 1.165) is 25.0 Å². The molecule has 3 heterocycles. The molecule has 8 N–H and O–H groups in total. The molecule has 1 aromatic rings. The van der Waals surface area contributed by atoms with E-state index in [4.69, 9.17) is 10.3 Å². The summed E-state index contributed by atoms with van der Waals surface area (Å²) in [5, 5.41) is 35.4. The second-order valence-corrected chi connectivity index (χ2v) is 18.3. The maximum atomic E-state index is 13.8. The van der Waals surface area contributed by atoms with Crippen molar-refractivity contribution in [1.82, 2.24) is 42.1 Å². The number of azide groups is 1. The van der Waals surface area contributed by atoms with Crippen molar-refractivity contribution in [2.45, 2.75) is 131 Å². The van der Waals surface area contributed by atoms with Gasteiger partial charge in [-0.2, -0.15) is 11.8 Å². The van der Waals surface area contributed by atoms with Crippen molar-refractivity contribution in [2.24, 2.45) is 5.11 Å². The van der Waals surface area contributed by atoms with E-state index in [1.165, 1.54) is 41.3 Å². The van der Waals surface area contributed by atoms with Crippen molar-refractivity contribution in [3.8, 4) is 0 Å². The maximum Gasteiger partial charge on any atom is 0.407 e. The lowest BCUT2D eigenvalue weighted by molar-refractivity contribution is -0.144. The number of aliphatic hydroxyl groups is 1. The quantitative estimate of drug-likeness (QED) is 0.0127. The van der Waals surface area contributed by atoms with Gasteiger partial charge < -0.3 is 47.1 Å². The maximum absolute atomic E-state index is 13.8. The second kappa shape index (κ2) is 26.9. The average Bonchev–Trinajstić information content (AvgIpc) is 3.97. The third-order valence-corrected chi connectivity index (χ3v) is 13.5. The number of urea groups is 1. The lowest BCUT2D eigenvalue weighted by Gasteiger charge is -2.31. The third kappa shape index (κ3) is 16.9. The van der Waals surface area contributed by atoms with Gasteiger partial charge in [0.2, 0.25) is 11.8 Å². The summed E-state index contributed by atoms with van der Waals surface area (Å²) < 4.78 is 5.57. The van der Waals surface area contributed by atoms with E-state index in [0.29, 0.717) is 87.5 Å². The van der Waals surface area contributed by atoms with Gasteiger partial charge in [0.05, 0.1) is 12.1 Å². The van der Waals surface area contributed by atoms with E-state index >= 15 is 0 Å². The highest BCUT2D eigenvalue weighted by Gasteiger charge is 2.42. The Hall–Kier alpha value is -6.12. The van der Waals surface area contributed by atoms with Crippen LogP contribution in [0.1, 0.15) is 107 Å². The molecule has 6 atom stereocenters. The van der Waals surface area contributed by atoms with Crippen molar-refractivity contribution in [2.75, 3.05) is 38.5 Å². The SMILES string of the molecule is [N-]=[N+]=Nc1ccc(C(=O)NCCCCC(NC(=O)[C@]2(O)CC/C=C/[C@H](OC(=O)NCCCCCN3C(=O)C=CC3=O)CC2)C(=O)NCCCNC(=O)CCCCC2SCC3NC(=O)NC32)cc1. The van der Waals surface area contributed by atoms with Crippen LogP contribution in [0.5, 0.6) is 0 Å². The molecule has 4 unspecified atom stereocenters. The number of amides is 9. The number of allylic oxidation sites excluding steroid dienone is 1.